The summed E-state index contributed by atoms with van der Waals surface area (Å²) < 4.78 is 38.0. The average molecular weight is 339 g/mol. The number of anilines is 1. The molecule has 1 aromatic rings. The number of hydrogen-bond acceptors (Lipinski definition) is 2. The highest BCUT2D eigenvalue weighted by Crippen LogP contribution is 2.23. The van der Waals surface area contributed by atoms with Gasteiger partial charge in [0.2, 0.25) is 0 Å². The molecule has 3 nitrogen and oxygen atoms in total. The maximum atomic E-state index is 12.4. The number of nitrogens with zero attached hydrogens (tertiary/aromatic N) is 1. The van der Waals surface area contributed by atoms with E-state index in [0.29, 0.717) is 10.9 Å². The molecule has 19 heavy (non-hydrogen) atoms. The molecule has 0 aliphatic heterocycles. The lowest BCUT2D eigenvalue weighted by Gasteiger charge is -2.24. The van der Waals surface area contributed by atoms with Gasteiger partial charge in [-0.2, -0.15) is 13.2 Å². The van der Waals surface area contributed by atoms with Crippen LogP contribution in [0.25, 0.3) is 0 Å². The summed E-state index contributed by atoms with van der Waals surface area (Å²) in [6, 6.07) is 4.48. The highest BCUT2D eigenvalue weighted by Gasteiger charge is 2.33. The van der Waals surface area contributed by atoms with E-state index in [2.05, 4.69) is 15.9 Å². The summed E-state index contributed by atoms with van der Waals surface area (Å²) >= 11 is 3.18. The predicted molar refractivity (Wildman–Crippen MR) is 70.8 cm³/mol. The summed E-state index contributed by atoms with van der Waals surface area (Å²) in [4.78, 5) is 12.8. The van der Waals surface area contributed by atoms with Crippen LogP contribution in [-0.2, 0) is 0 Å². The minimum atomic E-state index is -4.42. The van der Waals surface area contributed by atoms with Crippen molar-refractivity contribution >= 4 is 27.5 Å². The number of carbonyl (C=O) groups excluding carboxylic acids is 1. The number of nitrogen functional groups attached to an aromatic ring is 1. The number of carbonyl (C=O) groups is 1. The van der Waals surface area contributed by atoms with Crippen LogP contribution >= 0.6 is 15.9 Å². The number of halogens is 4. The summed E-state index contributed by atoms with van der Waals surface area (Å²) in [5.41, 5.74) is 5.90. The van der Waals surface area contributed by atoms with Crippen LogP contribution in [-0.4, -0.2) is 30.1 Å². The fourth-order valence-electron chi connectivity index (χ4n) is 1.64. The Labute approximate surface area is 117 Å². The predicted octanol–water partition coefficient (Wildman–Crippen LogP) is 3.45. The first-order chi connectivity index (χ1) is 8.74. The van der Waals surface area contributed by atoms with E-state index in [1.807, 2.05) is 0 Å². The summed E-state index contributed by atoms with van der Waals surface area (Å²) in [5.74, 6) is -0.704. The van der Waals surface area contributed by atoms with Crippen molar-refractivity contribution in [2.45, 2.75) is 19.5 Å². The van der Waals surface area contributed by atoms with Crippen molar-refractivity contribution in [1.82, 2.24) is 4.90 Å². The molecule has 7 heteroatoms. The van der Waals surface area contributed by atoms with E-state index in [1.54, 1.807) is 13.0 Å². The molecule has 0 radical (unpaired) electrons. The number of alkyl halides is 3. The van der Waals surface area contributed by atoms with Gasteiger partial charge in [-0.1, -0.05) is 22.9 Å². The van der Waals surface area contributed by atoms with Crippen molar-refractivity contribution in [3.8, 4) is 0 Å². The molecule has 106 valence electrons. The number of nitrogens with two attached hydrogens (primary N) is 1. The van der Waals surface area contributed by atoms with Crippen molar-refractivity contribution < 1.29 is 18.0 Å². The summed E-state index contributed by atoms with van der Waals surface area (Å²) in [6.45, 7) is 0.477. The third-order valence-electron chi connectivity index (χ3n) is 2.39. The summed E-state index contributed by atoms with van der Waals surface area (Å²) in [6.07, 6.45) is -3.98. The standard InChI is InChI=1S/C12H14BrF3N2O/c1-2-5-18(7-12(14,15)16)11(19)9-4-3-8(13)6-10(9)17/h3-4,6H,2,5,7,17H2,1H3. The van der Waals surface area contributed by atoms with Crippen LogP contribution in [0.15, 0.2) is 22.7 Å². The monoisotopic (exact) mass is 338 g/mol. The van der Waals surface area contributed by atoms with Gasteiger partial charge in [-0.3, -0.25) is 4.79 Å². The number of hydrogen-bond donors (Lipinski definition) is 1. The van der Waals surface area contributed by atoms with Crippen LogP contribution in [0.4, 0.5) is 18.9 Å². The number of rotatable bonds is 4. The molecule has 0 heterocycles. The van der Waals surface area contributed by atoms with E-state index < -0.39 is 18.6 Å². The van der Waals surface area contributed by atoms with Crippen molar-refractivity contribution in [3.05, 3.63) is 28.2 Å². The highest BCUT2D eigenvalue weighted by molar-refractivity contribution is 9.10. The Morgan fingerprint density at radius 1 is 1.42 bits per heavy atom. The quantitative estimate of drug-likeness (QED) is 0.854. The highest BCUT2D eigenvalue weighted by atomic mass is 79.9. The Morgan fingerprint density at radius 3 is 2.53 bits per heavy atom. The first kappa shape index (κ1) is 15.8. The zero-order chi connectivity index (χ0) is 14.6. The maximum Gasteiger partial charge on any atom is 0.406 e. The van der Waals surface area contributed by atoms with E-state index in [0.717, 1.165) is 4.90 Å². The SMILES string of the molecule is CCCN(CC(F)(F)F)C(=O)c1ccc(Br)cc1N. The molecule has 0 bridgehead atoms. The Hall–Kier alpha value is -1.24. The zero-order valence-electron chi connectivity index (χ0n) is 10.3. The molecule has 0 atom stereocenters. The average Bonchev–Trinajstić information content (AvgIpc) is 2.26. The molecular formula is C12H14BrF3N2O. The molecule has 1 rings (SSSR count). The van der Waals surface area contributed by atoms with Gasteiger partial charge in [0.25, 0.3) is 5.91 Å². The minimum Gasteiger partial charge on any atom is -0.398 e. The molecule has 2 N–H and O–H groups in total. The molecular weight excluding hydrogens is 325 g/mol. The minimum absolute atomic E-state index is 0.0356. The van der Waals surface area contributed by atoms with Gasteiger partial charge in [0.1, 0.15) is 6.54 Å². The fraction of sp³-hybridized carbons (Fsp3) is 0.417. The lowest BCUT2D eigenvalue weighted by molar-refractivity contribution is -0.140. The Kier molecular flexibility index (Phi) is 5.22. The molecule has 0 fully saturated rings. The molecule has 1 amide bonds. The number of amides is 1. The first-order valence-corrected chi connectivity index (χ1v) is 6.45. The Morgan fingerprint density at radius 2 is 2.05 bits per heavy atom. The van der Waals surface area contributed by atoms with Crippen LogP contribution in [0.3, 0.4) is 0 Å². The zero-order valence-corrected chi connectivity index (χ0v) is 11.9. The largest absolute Gasteiger partial charge is 0.406 e. The van der Waals surface area contributed by atoms with Gasteiger partial charge in [0.05, 0.1) is 5.56 Å². The summed E-state index contributed by atoms with van der Waals surface area (Å²) in [5, 5.41) is 0. The summed E-state index contributed by atoms with van der Waals surface area (Å²) in [7, 11) is 0. The van der Waals surface area contributed by atoms with Crippen molar-refractivity contribution in [2.24, 2.45) is 0 Å². The lowest BCUT2D eigenvalue weighted by atomic mass is 10.1. The van der Waals surface area contributed by atoms with Crippen molar-refractivity contribution in [1.29, 1.82) is 0 Å². The fourth-order valence-corrected chi connectivity index (χ4v) is 2.02. The van der Waals surface area contributed by atoms with Gasteiger partial charge in [-0.25, -0.2) is 0 Å². The third-order valence-corrected chi connectivity index (χ3v) is 2.89. The van der Waals surface area contributed by atoms with Crippen LogP contribution in [0.1, 0.15) is 23.7 Å². The molecule has 0 unspecified atom stereocenters. The normalized spacial score (nSPS) is 11.4. The van der Waals surface area contributed by atoms with Crippen molar-refractivity contribution in [3.63, 3.8) is 0 Å². The Bertz CT molecular complexity index is 463. The Balaban J connectivity index is 2.99. The number of benzene rings is 1. The van der Waals surface area contributed by atoms with E-state index in [-0.39, 0.29) is 17.8 Å². The van der Waals surface area contributed by atoms with Gasteiger partial charge < -0.3 is 10.6 Å². The van der Waals surface area contributed by atoms with Gasteiger partial charge >= 0.3 is 6.18 Å². The molecule has 0 saturated heterocycles. The maximum absolute atomic E-state index is 12.4. The van der Waals surface area contributed by atoms with E-state index in [1.165, 1.54) is 12.1 Å². The van der Waals surface area contributed by atoms with Crippen molar-refractivity contribution in [2.75, 3.05) is 18.8 Å². The van der Waals surface area contributed by atoms with E-state index in [4.69, 9.17) is 5.73 Å². The first-order valence-electron chi connectivity index (χ1n) is 5.65. The smallest absolute Gasteiger partial charge is 0.398 e. The second kappa shape index (κ2) is 6.27. The van der Waals surface area contributed by atoms with Crippen LogP contribution in [0, 0.1) is 0 Å². The van der Waals surface area contributed by atoms with Crippen LogP contribution < -0.4 is 5.73 Å². The van der Waals surface area contributed by atoms with E-state index in [9.17, 15) is 18.0 Å². The van der Waals surface area contributed by atoms with Crippen LogP contribution in [0.5, 0.6) is 0 Å². The third kappa shape index (κ3) is 4.74. The lowest BCUT2D eigenvalue weighted by Crippen LogP contribution is -2.39. The van der Waals surface area contributed by atoms with Gasteiger partial charge in [0.15, 0.2) is 0 Å². The topological polar surface area (TPSA) is 46.3 Å². The second-order valence-electron chi connectivity index (χ2n) is 4.07. The van der Waals surface area contributed by atoms with Gasteiger partial charge in [-0.05, 0) is 24.6 Å². The molecule has 0 spiro atoms. The molecule has 1 aromatic carbocycles. The van der Waals surface area contributed by atoms with Gasteiger partial charge in [0, 0.05) is 16.7 Å². The van der Waals surface area contributed by atoms with Crippen LogP contribution in [0.2, 0.25) is 0 Å². The van der Waals surface area contributed by atoms with Gasteiger partial charge in [-0.15, -0.1) is 0 Å². The van der Waals surface area contributed by atoms with E-state index >= 15 is 0 Å². The molecule has 0 aliphatic carbocycles. The molecule has 0 saturated carbocycles. The molecule has 0 aromatic heterocycles. The second-order valence-corrected chi connectivity index (χ2v) is 4.99. The molecule has 0 aliphatic rings.